The molecule has 5 rings (SSSR count). The first-order valence-electron chi connectivity index (χ1n) is 11.9. The quantitative estimate of drug-likeness (QED) is 0.552. The number of rotatable bonds is 4. The van der Waals surface area contributed by atoms with Crippen molar-refractivity contribution < 1.29 is 18.0 Å². The lowest BCUT2D eigenvalue weighted by Crippen LogP contribution is -2.50. The van der Waals surface area contributed by atoms with Crippen LogP contribution in [0.2, 0.25) is 0 Å². The number of nitrogens with zero attached hydrogens (tertiary/aromatic N) is 5. The van der Waals surface area contributed by atoms with E-state index in [0.717, 1.165) is 18.7 Å². The lowest BCUT2D eigenvalue weighted by molar-refractivity contribution is 0.0533. The Morgan fingerprint density at radius 1 is 0.886 bits per heavy atom. The molecule has 184 valence electrons. The SMILES string of the molecule is CS(=O)(=O)N1CCC[C@@H](c2nc(C(=O)N3CCN(C(=O)c4ccccc4)CC3)c3ccccn23)C1. The molecule has 0 bridgehead atoms. The smallest absolute Gasteiger partial charge is 0.274 e. The fraction of sp³-hybridized carbons (Fsp3) is 0.400. The molecule has 1 atom stereocenters. The summed E-state index contributed by atoms with van der Waals surface area (Å²) in [6.45, 7) is 2.67. The summed E-state index contributed by atoms with van der Waals surface area (Å²) in [7, 11) is -3.29. The predicted octanol–water partition coefficient (Wildman–Crippen LogP) is 2.07. The lowest BCUT2D eigenvalue weighted by atomic mass is 9.99. The van der Waals surface area contributed by atoms with Crippen molar-refractivity contribution in [1.82, 2.24) is 23.5 Å². The Balaban J connectivity index is 1.35. The Morgan fingerprint density at radius 2 is 1.54 bits per heavy atom. The Labute approximate surface area is 205 Å². The van der Waals surface area contributed by atoms with Gasteiger partial charge in [0.25, 0.3) is 11.8 Å². The van der Waals surface area contributed by atoms with Crippen molar-refractivity contribution in [3.05, 3.63) is 71.8 Å². The first-order chi connectivity index (χ1) is 16.8. The predicted molar refractivity (Wildman–Crippen MR) is 132 cm³/mol. The number of piperidine rings is 1. The van der Waals surface area contributed by atoms with Gasteiger partial charge in [0.2, 0.25) is 10.0 Å². The summed E-state index contributed by atoms with van der Waals surface area (Å²) < 4.78 is 27.7. The second-order valence-corrected chi connectivity index (χ2v) is 11.2. The van der Waals surface area contributed by atoms with Crippen molar-refractivity contribution >= 4 is 27.4 Å². The van der Waals surface area contributed by atoms with Gasteiger partial charge in [-0.25, -0.2) is 17.7 Å². The largest absolute Gasteiger partial charge is 0.335 e. The van der Waals surface area contributed by atoms with Crippen molar-refractivity contribution in [2.45, 2.75) is 18.8 Å². The molecule has 0 unspecified atom stereocenters. The van der Waals surface area contributed by atoms with E-state index in [2.05, 4.69) is 0 Å². The van der Waals surface area contributed by atoms with Gasteiger partial charge in [0.1, 0.15) is 5.82 Å². The molecule has 0 saturated carbocycles. The van der Waals surface area contributed by atoms with Gasteiger partial charge in [-0.3, -0.25) is 9.59 Å². The number of imidazole rings is 1. The van der Waals surface area contributed by atoms with Crippen LogP contribution in [0.25, 0.3) is 5.52 Å². The van der Waals surface area contributed by atoms with Gasteiger partial charge in [0.05, 0.1) is 11.8 Å². The van der Waals surface area contributed by atoms with E-state index in [4.69, 9.17) is 4.98 Å². The van der Waals surface area contributed by atoms with Crippen molar-refractivity contribution in [3.63, 3.8) is 0 Å². The summed E-state index contributed by atoms with van der Waals surface area (Å²) >= 11 is 0. The molecule has 0 N–H and O–H groups in total. The molecule has 2 fully saturated rings. The van der Waals surface area contributed by atoms with E-state index < -0.39 is 10.0 Å². The first-order valence-corrected chi connectivity index (χ1v) is 13.7. The van der Waals surface area contributed by atoms with Gasteiger partial charge in [-0.2, -0.15) is 0 Å². The van der Waals surface area contributed by atoms with E-state index in [-0.39, 0.29) is 17.7 Å². The number of aromatic nitrogens is 2. The second-order valence-electron chi connectivity index (χ2n) is 9.19. The molecule has 0 aliphatic carbocycles. The normalized spacial score (nSPS) is 19.7. The molecule has 35 heavy (non-hydrogen) atoms. The number of amides is 2. The molecule has 2 saturated heterocycles. The number of carbonyl (C=O) groups is 2. The standard InChI is InChI=1S/C25H29N5O4S/c1-35(33,34)29-12-7-10-20(18-29)23-26-22(21-11-5-6-13-30(21)23)25(32)28-16-14-27(15-17-28)24(31)19-8-3-2-4-9-19/h2-6,8-9,11,13,20H,7,10,12,14-18H2,1H3/t20-/m1/s1. The third kappa shape index (κ3) is 4.68. The van der Waals surface area contributed by atoms with E-state index in [9.17, 15) is 18.0 Å². The van der Waals surface area contributed by atoms with Crippen LogP contribution in [-0.4, -0.2) is 89.2 Å². The topological polar surface area (TPSA) is 95.3 Å². The van der Waals surface area contributed by atoms with Gasteiger partial charge in [-0.15, -0.1) is 0 Å². The zero-order valence-electron chi connectivity index (χ0n) is 19.7. The highest BCUT2D eigenvalue weighted by atomic mass is 32.2. The number of pyridine rings is 1. The number of sulfonamides is 1. The molecular weight excluding hydrogens is 466 g/mol. The zero-order valence-corrected chi connectivity index (χ0v) is 20.5. The van der Waals surface area contributed by atoms with Crippen molar-refractivity contribution in [2.75, 3.05) is 45.5 Å². The maximum absolute atomic E-state index is 13.5. The fourth-order valence-corrected chi connectivity index (χ4v) is 5.90. The van der Waals surface area contributed by atoms with Crippen molar-refractivity contribution in [1.29, 1.82) is 0 Å². The Hall–Kier alpha value is -3.24. The average molecular weight is 496 g/mol. The van der Waals surface area contributed by atoms with Crippen LogP contribution < -0.4 is 0 Å². The number of benzene rings is 1. The van der Waals surface area contributed by atoms with Crippen molar-refractivity contribution in [2.24, 2.45) is 0 Å². The van der Waals surface area contributed by atoms with Gasteiger partial charge < -0.3 is 14.2 Å². The number of hydrogen-bond acceptors (Lipinski definition) is 5. The third-order valence-corrected chi connectivity index (χ3v) is 8.14. The summed E-state index contributed by atoms with van der Waals surface area (Å²) in [6.07, 6.45) is 4.68. The van der Waals surface area contributed by atoms with Gasteiger partial charge in [0, 0.05) is 56.9 Å². The number of hydrogen-bond donors (Lipinski definition) is 0. The average Bonchev–Trinajstić information content (AvgIpc) is 3.28. The van der Waals surface area contributed by atoms with Crippen LogP contribution in [0.1, 0.15) is 45.4 Å². The summed E-state index contributed by atoms with van der Waals surface area (Å²) in [5.74, 6) is 0.438. The first kappa shape index (κ1) is 23.5. The van der Waals surface area contributed by atoms with Crippen LogP contribution in [0.5, 0.6) is 0 Å². The molecule has 3 aromatic rings. The Bertz CT molecular complexity index is 1350. The highest BCUT2D eigenvalue weighted by Gasteiger charge is 2.32. The molecule has 2 aromatic heterocycles. The molecule has 2 amide bonds. The molecule has 0 spiro atoms. The summed E-state index contributed by atoms with van der Waals surface area (Å²) in [6, 6.07) is 14.8. The Kier molecular flexibility index (Phi) is 6.33. The van der Waals surface area contributed by atoms with Gasteiger partial charge in [-0.05, 0) is 37.1 Å². The minimum absolute atomic E-state index is 0.0276. The van der Waals surface area contributed by atoms with E-state index in [1.807, 2.05) is 47.0 Å². The van der Waals surface area contributed by atoms with Crippen LogP contribution in [0.4, 0.5) is 0 Å². The highest BCUT2D eigenvalue weighted by Crippen LogP contribution is 2.29. The van der Waals surface area contributed by atoms with E-state index in [1.165, 1.54) is 10.6 Å². The minimum atomic E-state index is -3.29. The van der Waals surface area contributed by atoms with Gasteiger partial charge in [0.15, 0.2) is 5.69 Å². The lowest BCUT2D eigenvalue weighted by Gasteiger charge is -2.34. The molecule has 2 aliphatic rings. The fourth-order valence-electron chi connectivity index (χ4n) is 4.99. The molecule has 2 aliphatic heterocycles. The summed E-state index contributed by atoms with van der Waals surface area (Å²) in [4.78, 5) is 34.6. The van der Waals surface area contributed by atoms with Crippen LogP contribution >= 0.6 is 0 Å². The maximum atomic E-state index is 13.5. The second kappa shape index (κ2) is 9.43. The molecule has 10 heteroatoms. The highest BCUT2D eigenvalue weighted by molar-refractivity contribution is 7.88. The summed E-state index contributed by atoms with van der Waals surface area (Å²) in [5.41, 5.74) is 1.74. The van der Waals surface area contributed by atoms with Crippen LogP contribution in [0.15, 0.2) is 54.7 Å². The maximum Gasteiger partial charge on any atom is 0.274 e. The molecule has 4 heterocycles. The molecular formula is C25H29N5O4S. The monoisotopic (exact) mass is 495 g/mol. The number of piperazine rings is 1. The van der Waals surface area contributed by atoms with E-state index >= 15 is 0 Å². The number of carbonyl (C=O) groups excluding carboxylic acids is 2. The zero-order chi connectivity index (χ0) is 24.6. The number of fused-ring (bicyclic) bond motifs is 1. The molecule has 9 nitrogen and oxygen atoms in total. The third-order valence-electron chi connectivity index (χ3n) is 6.87. The molecule has 0 radical (unpaired) electrons. The van der Waals surface area contributed by atoms with Crippen molar-refractivity contribution in [3.8, 4) is 0 Å². The summed E-state index contributed by atoms with van der Waals surface area (Å²) in [5, 5.41) is 0. The van der Waals surface area contributed by atoms with Gasteiger partial charge >= 0.3 is 0 Å². The van der Waals surface area contributed by atoms with E-state index in [0.29, 0.717) is 56.0 Å². The van der Waals surface area contributed by atoms with Gasteiger partial charge in [-0.1, -0.05) is 24.3 Å². The van der Waals surface area contributed by atoms with Crippen LogP contribution in [0, 0.1) is 0 Å². The minimum Gasteiger partial charge on any atom is -0.335 e. The Morgan fingerprint density at radius 3 is 2.23 bits per heavy atom. The van der Waals surface area contributed by atoms with Crippen LogP contribution in [-0.2, 0) is 10.0 Å². The van der Waals surface area contributed by atoms with E-state index in [1.54, 1.807) is 21.9 Å². The van der Waals surface area contributed by atoms with Crippen LogP contribution in [0.3, 0.4) is 0 Å². The molecule has 1 aromatic carbocycles.